The molecule has 0 saturated carbocycles. The van der Waals surface area contributed by atoms with Crippen LogP contribution in [0.5, 0.6) is 0 Å². The van der Waals surface area contributed by atoms with E-state index in [1.807, 2.05) is 0 Å². The molecular weight excluding hydrogens is 190 g/mol. The molecule has 2 atom stereocenters. The standard InChI is InChI=1S/C6H15N5O3/c1-3-8-14-11(7)6-4-5-9-13-10(2)12/h3-5,7-11H,1,6H2,2H3/b5-4+. The van der Waals surface area contributed by atoms with Crippen molar-refractivity contribution in [1.29, 1.82) is 0 Å². The fourth-order valence-corrected chi connectivity index (χ4v) is 0.486. The lowest BCUT2D eigenvalue weighted by molar-refractivity contribution is -1.06. The van der Waals surface area contributed by atoms with Crippen molar-refractivity contribution in [3.63, 3.8) is 0 Å². The highest BCUT2D eigenvalue weighted by atomic mass is 17.0. The van der Waals surface area contributed by atoms with Crippen LogP contribution >= 0.6 is 0 Å². The van der Waals surface area contributed by atoms with Crippen molar-refractivity contribution >= 4 is 0 Å². The predicted octanol–water partition coefficient (Wildman–Crippen LogP) is -2.62. The molecule has 8 nitrogen and oxygen atoms in total. The fourth-order valence-electron chi connectivity index (χ4n) is 0.486. The molecule has 0 amide bonds. The normalized spacial score (nSPS) is 15.1. The van der Waals surface area contributed by atoms with Gasteiger partial charge in [-0.05, 0) is 6.08 Å². The van der Waals surface area contributed by atoms with Crippen LogP contribution in [0.4, 0.5) is 0 Å². The van der Waals surface area contributed by atoms with Gasteiger partial charge >= 0.3 is 0 Å². The Morgan fingerprint density at radius 3 is 2.79 bits per heavy atom. The lowest BCUT2D eigenvalue weighted by atomic mass is 10.6. The molecule has 5 N–H and O–H groups in total. The summed E-state index contributed by atoms with van der Waals surface area (Å²) < 4.78 is 0. The maximum atomic E-state index is 10.3. The highest BCUT2D eigenvalue weighted by Gasteiger charge is 1.90. The second-order valence-electron chi connectivity index (χ2n) is 2.17. The van der Waals surface area contributed by atoms with E-state index in [-0.39, 0.29) is 11.7 Å². The first-order valence-electron chi connectivity index (χ1n) is 3.85. The summed E-state index contributed by atoms with van der Waals surface area (Å²) >= 11 is 0. The molecule has 0 rings (SSSR count). The first kappa shape index (κ1) is 12.8. The molecule has 0 fully saturated rings. The van der Waals surface area contributed by atoms with Gasteiger partial charge in [0.05, 0.1) is 7.05 Å². The van der Waals surface area contributed by atoms with Crippen LogP contribution in [0.2, 0.25) is 0 Å². The minimum absolute atomic E-state index is 0.0192. The Hall–Kier alpha value is -1.16. The maximum Gasteiger partial charge on any atom is 0.120 e. The van der Waals surface area contributed by atoms with Gasteiger partial charge in [0.1, 0.15) is 6.54 Å². The molecule has 2 unspecified atom stereocenters. The van der Waals surface area contributed by atoms with E-state index in [0.717, 1.165) is 0 Å². The van der Waals surface area contributed by atoms with Crippen LogP contribution in [-0.4, -0.2) is 13.6 Å². The van der Waals surface area contributed by atoms with Crippen LogP contribution in [0, 0.1) is 5.21 Å². The molecule has 0 aromatic heterocycles. The van der Waals surface area contributed by atoms with E-state index in [2.05, 4.69) is 27.4 Å². The number of hydrogen-bond acceptors (Lipinski definition) is 5. The summed E-state index contributed by atoms with van der Waals surface area (Å²) in [4.78, 5) is 9.03. The molecule has 0 heterocycles. The molecule has 0 aromatic carbocycles. The zero-order valence-electron chi connectivity index (χ0n) is 7.87. The molecule has 0 bridgehead atoms. The topological polar surface area (TPSA) is 98.3 Å². The van der Waals surface area contributed by atoms with Gasteiger partial charge in [-0.2, -0.15) is 0 Å². The molecule has 0 radical (unpaired) electrons. The third-order valence-electron chi connectivity index (χ3n) is 0.957. The summed E-state index contributed by atoms with van der Waals surface area (Å²) in [5.74, 6) is 7.19. The summed E-state index contributed by atoms with van der Waals surface area (Å²) in [6.07, 6.45) is 4.28. The molecule has 0 aromatic rings. The molecule has 8 heteroatoms. The number of quaternary nitrogens is 2. The van der Waals surface area contributed by atoms with Crippen molar-refractivity contribution in [2.75, 3.05) is 13.6 Å². The molecular formula is C6H15N5O3. The Kier molecular flexibility index (Phi) is 7.74. The second kappa shape index (κ2) is 8.44. The Morgan fingerprint density at radius 1 is 1.50 bits per heavy atom. The maximum absolute atomic E-state index is 10.3. The SMILES string of the molecule is C=CNO[NH+]([NH-])C/C=C/NO[NH+](C)[O-]. The summed E-state index contributed by atoms with van der Waals surface area (Å²) in [7, 11) is 1.28. The van der Waals surface area contributed by atoms with E-state index in [1.54, 1.807) is 6.08 Å². The van der Waals surface area contributed by atoms with Crippen molar-refractivity contribution in [3.8, 4) is 0 Å². The van der Waals surface area contributed by atoms with E-state index in [9.17, 15) is 5.21 Å². The number of hydroxylamine groups is 5. The number of hydrogen-bond donors (Lipinski definition) is 4. The van der Waals surface area contributed by atoms with Gasteiger partial charge in [0.15, 0.2) is 0 Å². The quantitative estimate of drug-likeness (QED) is 0.325. The Bertz CT molecular complexity index is 175. The van der Waals surface area contributed by atoms with Gasteiger partial charge in [0.25, 0.3) is 0 Å². The summed E-state index contributed by atoms with van der Waals surface area (Å²) in [5.41, 5.74) is 4.58. The average molecular weight is 205 g/mol. The van der Waals surface area contributed by atoms with Crippen molar-refractivity contribution in [3.05, 3.63) is 36.1 Å². The molecule has 0 aliphatic rings. The van der Waals surface area contributed by atoms with Gasteiger partial charge in [-0.25, -0.2) is 21.4 Å². The monoisotopic (exact) mass is 205 g/mol. The molecule has 0 aliphatic heterocycles. The van der Waals surface area contributed by atoms with E-state index in [0.29, 0.717) is 0 Å². The molecule has 0 aliphatic carbocycles. The molecule has 0 saturated heterocycles. The fraction of sp³-hybridized carbons (Fsp3) is 0.333. The lowest BCUT2D eigenvalue weighted by Crippen LogP contribution is -3.05. The van der Waals surface area contributed by atoms with E-state index in [1.165, 1.54) is 19.4 Å². The zero-order chi connectivity index (χ0) is 10.8. The first-order chi connectivity index (χ1) is 6.66. The minimum Gasteiger partial charge on any atom is -0.598 e. The van der Waals surface area contributed by atoms with Crippen molar-refractivity contribution in [1.82, 2.24) is 11.0 Å². The van der Waals surface area contributed by atoms with Crippen molar-refractivity contribution in [2.24, 2.45) is 0 Å². The van der Waals surface area contributed by atoms with Crippen molar-refractivity contribution < 1.29 is 20.3 Å². The molecule has 82 valence electrons. The minimum atomic E-state index is -0.436. The predicted molar refractivity (Wildman–Crippen MR) is 48.2 cm³/mol. The summed E-state index contributed by atoms with van der Waals surface area (Å²) in [6.45, 7) is 3.61. The molecule has 0 spiro atoms. The van der Waals surface area contributed by atoms with E-state index >= 15 is 0 Å². The second-order valence-corrected chi connectivity index (χ2v) is 2.17. The average Bonchev–Trinajstić information content (AvgIpc) is 2.13. The lowest BCUT2D eigenvalue weighted by Gasteiger charge is -2.15. The van der Waals surface area contributed by atoms with Crippen LogP contribution in [0.1, 0.15) is 0 Å². The third-order valence-corrected chi connectivity index (χ3v) is 0.957. The Labute approximate surface area is 81.9 Å². The van der Waals surface area contributed by atoms with E-state index in [4.69, 9.17) is 5.84 Å². The van der Waals surface area contributed by atoms with Crippen LogP contribution in [0.25, 0.3) is 5.84 Å². The summed E-state index contributed by atoms with van der Waals surface area (Å²) in [6, 6.07) is 0. The van der Waals surface area contributed by atoms with Crippen LogP contribution in [-0.2, 0) is 9.88 Å². The summed E-state index contributed by atoms with van der Waals surface area (Å²) in [5, 5.41) is 9.86. The smallest absolute Gasteiger partial charge is 0.120 e. The van der Waals surface area contributed by atoms with Crippen LogP contribution in [0.3, 0.4) is 0 Å². The first-order valence-corrected chi connectivity index (χ1v) is 3.85. The highest BCUT2D eigenvalue weighted by molar-refractivity contribution is 4.74. The van der Waals surface area contributed by atoms with Gasteiger partial charge in [-0.1, -0.05) is 16.5 Å². The van der Waals surface area contributed by atoms with Gasteiger partial charge < -0.3 is 11.0 Å². The largest absolute Gasteiger partial charge is 0.598 e. The van der Waals surface area contributed by atoms with Crippen LogP contribution in [0.15, 0.2) is 25.1 Å². The zero-order valence-corrected chi connectivity index (χ0v) is 7.87. The highest BCUT2D eigenvalue weighted by Crippen LogP contribution is 1.61. The van der Waals surface area contributed by atoms with Gasteiger partial charge in [-0.15, -0.1) is 0 Å². The number of rotatable bonds is 8. The van der Waals surface area contributed by atoms with Gasteiger partial charge in [0.2, 0.25) is 0 Å². The van der Waals surface area contributed by atoms with Gasteiger partial charge in [-0.3, -0.25) is 0 Å². The van der Waals surface area contributed by atoms with Crippen molar-refractivity contribution in [2.45, 2.75) is 0 Å². The Balaban J connectivity index is 3.36. The van der Waals surface area contributed by atoms with Crippen LogP contribution < -0.4 is 21.4 Å². The third kappa shape index (κ3) is 8.93. The van der Waals surface area contributed by atoms with E-state index < -0.39 is 5.23 Å². The molecule has 14 heavy (non-hydrogen) atoms. The Morgan fingerprint density at radius 2 is 2.21 bits per heavy atom. The number of nitrogens with one attached hydrogen (secondary N) is 5. The van der Waals surface area contributed by atoms with Gasteiger partial charge in [0, 0.05) is 12.4 Å².